The lowest BCUT2D eigenvalue weighted by Gasteiger charge is -2.65. The van der Waals surface area contributed by atoms with E-state index in [9.17, 15) is 9.90 Å². The summed E-state index contributed by atoms with van der Waals surface area (Å²) in [7, 11) is 0. The molecule has 0 amide bonds. The summed E-state index contributed by atoms with van der Waals surface area (Å²) in [5.41, 5.74) is 1.10. The highest BCUT2D eigenvalue weighted by Crippen LogP contribution is 2.85. The van der Waals surface area contributed by atoms with Crippen LogP contribution in [0, 0.1) is 45.3 Å². The van der Waals surface area contributed by atoms with Crippen LogP contribution < -0.4 is 0 Å². The molecule has 6 fully saturated rings. The van der Waals surface area contributed by atoms with Crippen LogP contribution in [0.4, 0.5) is 0 Å². The monoisotopic (exact) mass is 302 g/mol. The molecular formula is C20H30O2. The number of carboxylic acid groups (broad SMARTS) is 1. The largest absolute Gasteiger partial charge is 0.481 e. The van der Waals surface area contributed by atoms with Gasteiger partial charge in [0, 0.05) is 0 Å². The van der Waals surface area contributed by atoms with Crippen molar-refractivity contribution in [3.05, 3.63) is 0 Å². The molecule has 2 nitrogen and oxygen atoms in total. The van der Waals surface area contributed by atoms with E-state index < -0.39 is 11.4 Å². The Morgan fingerprint density at radius 2 is 1.77 bits per heavy atom. The first-order valence-electron chi connectivity index (χ1n) is 9.50. The summed E-state index contributed by atoms with van der Waals surface area (Å²) in [5, 5.41) is 9.92. The molecule has 0 radical (unpaired) electrons. The Labute approximate surface area is 134 Å². The second-order valence-electron chi connectivity index (χ2n) is 10.4. The number of rotatable bonds is 1. The third-order valence-electron chi connectivity index (χ3n) is 9.85. The summed E-state index contributed by atoms with van der Waals surface area (Å²) in [5.74, 6) is 2.70. The zero-order valence-electron chi connectivity index (χ0n) is 14.3. The molecule has 4 bridgehead atoms. The first-order chi connectivity index (χ1) is 10.3. The van der Waals surface area contributed by atoms with Gasteiger partial charge >= 0.3 is 5.97 Å². The van der Waals surface area contributed by atoms with Gasteiger partial charge in [0.15, 0.2) is 0 Å². The summed E-state index contributed by atoms with van der Waals surface area (Å²) in [6.07, 6.45) is 10.1. The summed E-state index contributed by atoms with van der Waals surface area (Å²) in [6.45, 7) is 7.09. The Balaban J connectivity index is 1.56. The van der Waals surface area contributed by atoms with Gasteiger partial charge in [-0.3, -0.25) is 4.79 Å². The smallest absolute Gasteiger partial charge is 0.309 e. The molecule has 0 aliphatic heterocycles. The number of aliphatic carboxylic acids is 1. The van der Waals surface area contributed by atoms with E-state index in [4.69, 9.17) is 0 Å². The maximum absolute atomic E-state index is 12.0. The molecule has 0 heterocycles. The van der Waals surface area contributed by atoms with Crippen molar-refractivity contribution in [1.82, 2.24) is 0 Å². The minimum atomic E-state index is -0.530. The highest BCUT2D eigenvalue weighted by Gasteiger charge is 2.78. The fraction of sp³-hybridized carbons (Fsp3) is 0.950. The van der Waals surface area contributed by atoms with Crippen molar-refractivity contribution in [3.63, 3.8) is 0 Å². The molecule has 22 heavy (non-hydrogen) atoms. The average molecular weight is 302 g/mol. The standard InChI is InChI=1S/C20H30O2/c1-17-6-4-7-18(2,16(21)22)14(17)5-8-20-10-13-12(9-15(17)20)19(13,3)11-20/h12-15H,4-11H2,1-3H3,(H,21,22)/t12-,13-,14-,15-,17+,18-,19+,20-/m1/s1. The van der Waals surface area contributed by atoms with Crippen molar-refractivity contribution >= 4 is 5.97 Å². The van der Waals surface area contributed by atoms with Gasteiger partial charge in [0.2, 0.25) is 0 Å². The zero-order valence-corrected chi connectivity index (χ0v) is 14.3. The highest BCUT2D eigenvalue weighted by atomic mass is 16.4. The van der Waals surface area contributed by atoms with Gasteiger partial charge in [-0.15, -0.1) is 0 Å². The van der Waals surface area contributed by atoms with E-state index >= 15 is 0 Å². The molecule has 0 aromatic carbocycles. The minimum Gasteiger partial charge on any atom is -0.481 e. The van der Waals surface area contributed by atoms with Crippen molar-refractivity contribution in [2.75, 3.05) is 0 Å². The number of carbonyl (C=O) groups is 1. The Morgan fingerprint density at radius 3 is 2.41 bits per heavy atom. The van der Waals surface area contributed by atoms with E-state index in [1.807, 2.05) is 0 Å². The lowest BCUT2D eigenvalue weighted by Crippen LogP contribution is -2.59. The zero-order chi connectivity index (χ0) is 15.5. The average Bonchev–Trinajstić information content (AvgIpc) is 2.89. The predicted octanol–water partition coefficient (Wildman–Crippen LogP) is 4.73. The van der Waals surface area contributed by atoms with Crippen LogP contribution in [0.15, 0.2) is 0 Å². The van der Waals surface area contributed by atoms with E-state index in [2.05, 4.69) is 20.8 Å². The Hall–Kier alpha value is -0.530. The highest BCUT2D eigenvalue weighted by molar-refractivity contribution is 5.75. The molecule has 2 heteroatoms. The number of fused-ring (bicyclic) bond motifs is 1. The van der Waals surface area contributed by atoms with Crippen LogP contribution in [0.2, 0.25) is 0 Å². The second-order valence-corrected chi connectivity index (χ2v) is 10.4. The molecule has 0 aromatic rings. The fourth-order valence-corrected chi connectivity index (χ4v) is 8.87. The normalized spacial score (nSPS) is 64.7. The Morgan fingerprint density at radius 1 is 1.00 bits per heavy atom. The first kappa shape index (κ1) is 13.9. The molecular weight excluding hydrogens is 272 g/mol. The Kier molecular flexibility index (Phi) is 2.27. The van der Waals surface area contributed by atoms with Crippen LogP contribution in [0.3, 0.4) is 0 Å². The summed E-state index contributed by atoms with van der Waals surface area (Å²) in [4.78, 5) is 12.0. The number of hydrogen-bond donors (Lipinski definition) is 1. The maximum Gasteiger partial charge on any atom is 0.309 e. The van der Waals surface area contributed by atoms with Gasteiger partial charge in [-0.1, -0.05) is 20.3 Å². The van der Waals surface area contributed by atoms with E-state index in [0.717, 1.165) is 30.6 Å². The fourth-order valence-electron chi connectivity index (χ4n) is 8.87. The third kappa shape index (κ3) is 1.26. The van der Waals surface area contributed by atoms with Gasteiger partial charge in [-0.25, -0.2) is 0 Å². The van der Waals surface area contributed by atoms with E-state index in [-0.39, 0.29) is 0 Å². The van der Waals surface area contributed by atoms with Gasteiger partial charge in [0.25, 0.3) is 0 Å². The van der Waals surface area contributed by atoms with Gasteiger partial charge in [-0.05, 0) is 91.8 Å². The lowest BCUT2D eigenvalue weighted by atomic mass is 9.39. The van der Waals surface area contributed by atoms with Crippen molar-refractivity contribution in [3.8, 4) is 0 Å². The van der Waals surface area contributed by atoms with Crippen LogP contribution in [0.1, 0.15) is 72.1 Å². The molecule has 0 aromatic heterocycles. The van der Waals surface area contributed by atoms with Crippen LogP contribution in [-0.4, -0.2) is 11.1 Å². The number of carboxylic acids is 1. The molecule has 8 atom stereocenters. The van der Waals surface area contributed by atoms with Crippen molar-refractivity contribution in [1.29, 1.82) is 0 Å². The van der Waals surface area contributed by atoms with Gasteiger partial charge < -0.3 is 5.11 Å². The van der Waals surface area contributed by atoms with Crippen LogP contribution in [-0.2, 0) is 4.79 Å². The van der Waals surface area contributed by atoms with E-state index in [1.165, 1.54) is 38.5 Å². The maximum atomic E-state index is 12.0. The molecule has 6 aliphatic rings. The van der Waals surface area contributed by atoms with Crippen LogP contribution in [0.5, 0.6) is 0 Å². The summed E-state index contributed by atoms with van der Waals surface area (Å²) < 4.78 is 0. The molecule has 122 valence electrons. The summed E-state index contributed by atoms with van der Waals surface area (Å²) >= 11 is 0. The van der Waals surface area contributed by atoms with Gasteiger partial charge in [0.05, 0.1) is 5.41 Å². The van der Waals surface area contributed by atoms with Crippen molar-refractivity contribution < 1.29 is 9.90 Å². The Bertz CT molecular complexity index is 570. The van der Waals surface area contributed by atoms with E-state index in [0.29, 0.717) is 22.2 Å². The van der Waals surface area contributed by atoms with Crippen molar-refractivity contribution in [2.24, 2.45) is 45.3 Å². The molecule has 1 spiro atoms. The molecule has 6 aliphatic carbocycles. The molecule has 6 saturated carbocycles. The molecule has 1 N–H and O–H groups in total. The molecule has 0 saturated heterocycles. The van der Waals surface area contributed by atoms with Gasteiger partial charge in [0.1, 0.15) is 0 Å². The van der Waals surface area contributed by atoms with Crippen LogP contribution >= 0.6 is 0 Å². The topological polar surface area (TPSA) is 37.3 Å². The first-order valence-corrected chi connectivity index (χ1v) is 9.50. The molecule has 0 unspecified atom stereocenters. The SMILES string of the molecule is C[C@]12C[C@]34CC[C@@H]5[C@](C)(CCC[C@@]5(C)C(=O)O)[C@H]3C[C@@H]1[C@H]2C4. The van der Waals surface area contributed by atoms with Crippen molar-refractivity contribution in [2.45, 2.75) is 72.1 Å². The predicted molar refractivity (Wildman–Crippen MR) is 85.3 cm³/mol. The quantitative estimate of drug-likeness (QED) is 0.760. The van der Waals surface area contributed by atoms with E-state index in [1.54, 1.807) is 0 Å². The minimum absolute atomic E-state index is 0.290. The third-order valence-corrected chi connectivity index (χ3v) is 9.85. The van der Waals surface area contributed by atoms with Gasteiger partial charge in [-0.2, -0.15) is 0 Å². The summed E-state index contributed by atoms with van der Waals surface area (Å²) in [6, 6.07) is 0. The lowest BCUT2D eigenvalue weighted by molar-refractivity contribution is -0.187. The second kappa shape index (κ2) is 3.59. The van der Waals surface area contributed by atoms with Crippen LogP contribution in [0.25, 0.3) is 0 Å². The number of hydrogen-bond acceptors (Lipinski definition) is 1. The molecule has 6 rings (SSSR count).